The molecule has 2 aliphatic rings. The molecule has 0 N–H and O–H groups in total. The highest BCUT2D eigenvalue weighted by Crippen LogP contribution is 2.26. The summed E-state index contributed by atoms with van der Waals surface area (Å²) in [4.78, 5) is 21.1. The van der Waals surface area contributed by atoms with Crippen molar-refractivity contribution in [3.8, 4) is 0 Å². The van der Waals surface area contributed by atoms with Crippen LogP contribution in [0.4, 0.5) is 0 Å². The van der Waals surface area contributed by atoms with Gasteiger partial charge in [-0.2, -0.15) is 0 Å². The van der Waals surface area contributed by atoms with Gasteiger partial charge in [0.15, 0.2) is 0 Å². The molecule has 0 radical (unpaired) electrons. The van der Waals surface area contributed by atoms with Crippen LogP contribution in [-0.4, -0.2) is 41.7 Å². The fourth-order valence-electron chi connectivity index (χ4n) is 4.49. The lowest BCUT2D eigenvalue weighted by molar-refractivity contribution is -0.000314. The van der Waals surface area contributed by atoms with Gasteiger partial charge in [-0.1, -0.05) is 30.2 Å². The largest absolute Gasteiger partial charge is 0.395 e. The van der Waals surface area contributed by atoms with E-state index in [-0.39, 0.29) is 5.41 Å². The molecule has 2 aromatic rings. The molecule has 0 aliphatic heterocycles. The highest BCUT2D eigenvalue weighted by molar-refractivity contribution is 6.01. The van der Waals surface area contributed by atoms with Crippen molar-refractivity contribution < 1.29 is 14.4 Å². The minimum Gasteiger partial charge on any atom is -0.395 e. The third-order valence-electron chi connectivity index (χ3n) is 6.32. The number of hydrogen-bond acceptors (Lipinski definition) is 7. The van der Waals surface area contributed by atoms with Gasteiger partial charge >= 0.3 is 0 Å². The highest BCUT2D eigenvalue weighted by Gasteiger charge is 2.24. The van der Waals surface area contributed by atoms with Crippen LogP contribution in [0, 0.1) is 19.3 Å². The molecule has 0 atom stereocenters. The zero-order valence-electron chi connectivity index (χ0n) is 21.1. The number of hydrogen-bond donors (Lipinski definition) is 0. The molecule has 2 aromatic heterocycles. The number of pyridine rings is 2. The minimum atomic E-state index is -0.246. The van der Waals surface area contributed by atoms with Gasteiger partial charge in [0.1, 0.15) is 24.6 Å². The lowest BCUT2D eigenvalue weighted by Crippen LogP contribution is -2.25. The fourth-order valence-corrected chi connectivity index (χ4v) is 4.49. The topological polar surface area (TPSA) is 78.2 Å². The van der Waals surface area contributed by atoms with E-state index >= 15 is 0 Å². The monoisotopic (exact) mass is 464 g/mol. The summed E-state index contributed by atoms with van der Waals surface area (Å²) in [5.74, 6) is 0. The second kappa shape index (κ2) is 10.6. The van der Waals surface area contributed by atoms with Gasteiger partial charge in [0.2, 0.25) is 0 Å². The maximum absolute atomic E-state index is 5.82. The van der Waals surface area contributed by atoms with Crippen molar-refractivity contribution in [1.29, 1.82) is 0 Å². The first-order chi connectivity index (χ1) is 16.4. The van der Waals surface area contributed by atoms with E-state index in [0.29, 0.717) is 19.8 Å². The van der Waals surface area contributed by atoms with Crippen LogP contribution in [0.25, 0.3) is 0 Å². The van der Waals surface area contributed by atoms with E-state index in [0.717, 1.165) is 72.7 Å². The maximum atomic E-state index is 5.82. The average Bonchev–Trinajstić information content (AvgIpc) is 2.80. The number of methoxy groups -OCH3 is 1. The van der Waals surface area contributed by atoms with E-state index in [9.17, 15) is 0 Å². The second-order valence-corrected chi connectivity index (χ2v) is 10.1. The lowest BCUT2D eigenvalue weighted by Gasteiger charge is -2.23. The van der Waals surface area contributed by atoms with Gasteiger partial charge in [-0.25, -0.2) is 4.98 Å². The van der Waals surface area contributed by atoms with Crippen molar-refractivity contribution >= 4 is 11.4 Å². The Labute approximate surface area is 202 Å². The molecule has 0 bridgehead atoms. The summed E-state index contributed by atoms with van der Waals surface area (Å²) in [6.45, 7) is 9.70. The molecule has 0 saturated heterocycles. The normalized spacial score (nSPS) is 18.0. The van der Waals surface area contributed by atoms with Gasteiger partial charge in [0, 0.05) is 18.2 Å². The van der Waals surface area contributed by atoms with Crippen LogP contribution < -0.4 is 0 Å². The SMILES string of the molecule is COCc1cc(C)c2c(n1)/C(=N/OCC(C)(C)CO/N=C1\CCCc3ccc(C)nc31)CCC2. The third kappa shape index (κ3) is 5.81. The van der Waals surface area contributed by atoms with Crippen LogP contribution in [0.3, 0.4) is 0 Å². The molecular formula is C27H36N4O3. The van der Waals surface area contributed by atoms with Gasteiger partial charge in [-0.05, 0) is 81.2 Å². The molecular weight excluding hydrogens is 428 g/mol. The molecule has 34 heavy (non-hydrogen) atoms. The van der Waals surface area contributed by atoms with E-state index in [4.69, 9.17) is 19.4 Å². The minimum absolute atomic E-state index is 0.246. The molecule has 7 heteroatoms. The number of aryl methyl sites for hydroxylation is 3. The quantitative estimate of drug-likeness (QED) is 0.509. The van der Waals surface area contributed by atoms with Crippen molar-refractivity contribution in [3.63, 3.8) is 0 Å². The van der Waals surface area contributed by atoms with Gasteiger partial charge < -0.3 is 14.4 Å². The number of rotatable bonds is 8. The maximum Gasteiger partial charge on any atom is 0.125 e. The van der Waals surface area contributed by atoms with Crippen LogP contribution >= 0.6 is 0 Å². The Morgan fingerprint density at radius 2 is 1.56 bits per heavy atom. The summed E-state index contributed by atoms with van der Waals surface area (Å²) in [7, 11) is 1.69. The molecule has 0 amide bonds. The number of oxime groups is 2. The van der Waals surface area contributed by atoms with Crippen LogP contribution in [0.5, 0.6) is 0 Å². The first kappa shape index (κ1) is 24.3. The van der Waals surface area contributed by atoms with Crippen molar-refractivity contribution in [2.75, 3.05) is 20.3 Å². The Morgan fingerprint density at radius 3 is 2.26 bits per heavy atom. The smallest absolute Gasteiger partial charge is 0.125 e. The first-order valence-electron chi connectivity index (χ1n) is 12.2. The van der Waals surface area contributed by atoms with E-state index in [1.54, 1.807) is 7.11 Å². The summed E-state index contributed by atoms with van der Waals surface area (Å²) < 4.78 is 5.28. The van der Waals surface area contributed by atoms with Crippen molar-refractivity contribution in [2.45, 2.75) is 72.8 Å². The number of aromatic nitrogens is 2. The molecule has 2 heterocycles. The summed E-state index contributed by atoms with van der Waals surface area (Å²) in [6.07, 6.45) is 5.96. The average molecular weight is 465 g/mol. The van der Waals surface area contributed by atoms with Gasteiger partial charge in [0.05, 0.1) is 23.7 Å². The van der Waals surface area contributed by atoms with Crippen molar-refractivity contribution in [2.24, 2.45) is 15.7 Å². The predicted molar refractivity (Wildman–Crippen MR) is 133 cm³/mol. The third-order valence-corrected chi connectivity index (χ3v) is 6.32. The summed E-state index contributed by atoms with van der Waals surface area (Å²) in [5, 5.41) is 8.96. The first-order valence-corrected chi connectivity index (χ1v) is 12.2. The second-order valence-electron chi connectivity index (χ2n) is 10.1. The van der Waals surface area contributed by atoms with Crippen molar-refractivity contribution in [3.05, 3.63) is 57.7 Å². The summed E-state index contributed by atoms with van der Waals surface area (Å²) in [5.41, 5.74) is 9.24. The standard InChI is InChI=1S/C27H36N4O3/c1-18-14-21(15-32-5)29-26-22(18)9-7-11-24(26)31-34-17-27(3,4)16-33-30-23-10-6-8-20-13-12-19(2)28-25(20)23/h12-14H,6-11,15-17H2,1-5H3/b30-23+,31-24+. The Hall–Kier alpha value is -2.80. The van der Waals surface area contributed by atoms with Crippen LogP contribution in [0.15, 0.2) is 28.5 Å². The van der Waals surface area contributed by atoms with Crippen LogP contribution in [0.2, 0.25) is 0 Å². The molecule has 0 aromatic carbocycles. The van der Waals surface area contributed by atoms with E-state index in [1.807, 2.05) is 6.92 Å². The van der Waals surface area contributed by atoms with Gasteiger partial charge in [0.25, 0.3) is 0 Å². The van der Waals surface area contributed by atoms with E-state index < -0.39 is 0 Å². The predicted octanol–water partition coefficient (Wildman–Crippen LogP) is 5.08. The van der Waals surface area contributed by atoms with E-state index in [1.165, 1.54) is 16.7 Å². The Kier molecular flexibility index (Phi) is 7.61. The van der Waals surface area contributed by atoms with E-state index in [2.05, 4.69) is 54.3 Å². The highest BCUT2D eigenvalue weighted by atomic mass is 16.6. The molecule has 182 valence electrons. The van der Waals surface area contributed by atoms with Crippen LogP contribution in [0.1, 0.15) is 79.0 Å². The number of fused-ring (bicyclic) bond motifs is 2. The summed E-state index contributed by atoms with van der Waals surface area (Å²) in [6, 6.07) is 6.32. The molecule has 4 rings (SSSR count). The lowest BCUT2D eigenvalue weighted by atomic mass is 9.91. The molecule has 0 saturated carbocycles. The molecule has 7 nitrogen and oxygen atoms in total. The Bertz CT molecular complexity index is 1090. The molecule has 0 spiro atoms. The van der Waals surface area contributed by atoms with Gasteiger partial charge in [-0.15, -0.1) is 0 Å². The molecule has 2 aliphatic carbocycles. The molecule has 0 fully saturated rings. The zero-order chi connectivity index (χ0) is 24.1. The van der Waals surface area contributed by atoms with Gasteiger partial charge in [-0.3, -0.25) is 4.98 Å². The number of nitrogens with zero attached hydrogens (tertiary/aromatic N) is 4. The van der Waals surface area contributed by atoms with Crippen LogP contribution in [-0.2, 0) is 33.9 Å². The fraction of sp³-hybridized carbons (Fsp3) is 0.556. The number of ether oxygens (including phenoxy) is 1. The zero-order valence-corrected chi connectivity index (χ0v) is 21.1. The Balaban J connectivity index is 1.38. The molecule has 0 unspecified atom stereocenters. The Morgan fingerprint density at radius 1 is 0.882 bits per heavy atom. The van der Waals surface area contributed by atoms with Crippen molar-refractivity contribution in [1.82, 2.24) is 9.97 Å². The summed E-state index contributed by atoms with van der Waals surface area (Å²) >= 11 is 0.